The lowest BCUT2D eigenvalue weighted by atomic mass is 9.94. The first kappa shape index (κ1) is 14.2. The van der Waals surface area contributed by atoms with Gasteiger partial charge >= 0.3 is 0 Å². The van der Waals surface area contributed by atoms with Crippen LogP contribution in [-0.2, 0) is 4.74 Å². The zero-order valence-electron chi connectivity index (χ0n) is 12.2. The summed E-state index contributed by atoms with van der Waals surface area (Å²) in [5.41, 5.74) is 1.01. The van der Waals surface area contributed by atoms with Crippen molar-refractivity contribution >= 4 is 23.2 Å². The molecule has 1 atom stereocenters. The van der Waals surface area contributed by atoms with Gasteiger partial charge in [-0.1, -0.05) is 11.6 Å². The van der Waals surface area contributed by atoms with Crippen molar-refractivity contribution in [3.63, 3.8) is 0 Å². The predicted molar refractivity (Wildman–Crippen MR) is 84.8 cm³/mol. The van der Waals surface area contributed by atoms with Crippen molar-refractivity contribution in [2.45, 2.75) is 31.8 Å². The molecule has 1 aliphatic carbocycles. The van der Waals surface area contributed by atoms with Crippen molar-refractivity contribution in [1.82, 2.24) is 4.98 Å². The highest BCUT2D eigenvalue weighted by Crippen LogP contribution is 2.38. The minimum Gasteiger partial charge on any atom is -0.437 e. The second kappa shape index (κ2) is 5.97. The molecule has 3 heterocycles. The van der Waals surface area contributed by atoms with Gasteiger partial charge in [-0.3, -0.25) is 4.99 Å². The molecule has 6 heteroatoms. The average Bonchev–Trinajstić information content (AvgIpc) is 3.30. The zero-order valence-corrected chi connectivity index (χ0v) is 13.0. The van der Waals surface area contributed by atoms with Crippen molar-refractivity contribution in [3.8, 4) is 5.75 Å². The van der Waals surface area contributed by atoms with Crippen LogP contribution in [0, 0.1) is 11.8 Å². The van der Waals surface area contributed by atoms with Crippen molar-refractivity contribution in [2.24, 2.45) is 21.8 Å². The lowest BCUT2D eigenvalue weighted by Gasteiger charge is -2.22. The largest absolute Gasteiger partial charge is 0.437 e. The molecule has 4 rings (SSSR count). The molecule has 0 spiro atoms. The molecule has 22 heavy (non-hydrogen) atoms. The van der Waals surface area contributed by atoms with Crippen LogP contribution < -0.4 is 4.74 Å². The molecule has 1 aromatic rings. The van der Waals surface area contributed by atoms with Crippen molar-refractivity contribution < 1.29 is 9.47 Å². The maximum atomic E-state index is 5.98. The van der Waals surface area contributed by atoms with Crippen LogP contribution in [-0.4, -0.2) is 36.0 Å². The summed E-state index contributed by atoms with van der Waals surface area (Å²) >= 11 is 5.93. The second-order valence-electron chi connectivity index (χ2n) is 6.00. The van der Waals surface area contributed by atoms with Gasteiger partial charge in [0, 0.05) is 37.3 Å². The maximum Gasteiger partial charge on any atom is 0.238 e. The summed E-state index contributed by atoms with van der Waals surface area (Å²) in [5, 5.41) is 0.416. The molecule has 1 aromatic heterocycles. The summed E-state index contributed by atoms with van der Waals surface area (Å²) in [6, 6.07) is 3.50. The summed E-state index contributed by atoms with van der Waals surface area (Å²) in [7, 11) is 0. The van der Waals surface area contributed by atoms with E-state index in [0.29, 0.717) is 28.6 Å². The van der Waals surface area contributed by atoms with Gasteiger partial charge in [0.15, 0.2) is 0 Å². The van der Waals surface area contributed by atoms with Crippen LogP contribution in [0.5, 0.6) is 5.75 Å². The average molecular weight is 320 g/mol. The van der Waals surface area contributed by atoms with Crippen molar-refractivity contribution in [3.05, 3.63) is 23.5 Å². The molecule has 0 bridgehead atoms. The number of ether oxygens (including phenoxy) is 2. The Balaban J connectivity index is 1.57. The highest BCUT2D eigenvalue weighted by molar-refractivity contribution is 6.41. The molecular formula is C16H18ClN3O2. The van der Waals surface area contributed by atoms with Crippen LogP contribution in [0.3, 0.4) is 0 Å². The predicted octanol–water partition coefficient (Wildman–Crippen LogP) is 3.13. The maximum absolute atomic E-state index is 5.98. The molecule has 1 saturated carbocycles. The number of pyridine rings is 1. The summed E-state index contributed by atoms with van der Waals surface area (Å²) in [4.78, 5) is 13.6. The number of aliphatic imine (C=N–C) groups is 2. The molecule has 0 amide bonds. The van der Waals surface area contributed by atoms with E-state index in [4.69, 9.17) is 31.1 Å². The fourth-order valence-corrected chi connectivity index (χ4v) is 3.07. The first-order chi connectivity index (χ1) is 10.8. The summed E-state index contributed by atoms with van der Waals surface area (Å²) < 4.78 is 11.4. The minimum atomic E-state index is 0.0464. The molecule has 1 saturated heterocycles. The number of rotatable bonds is 3. The van der Waals surface area contributed by atoms with E-state index in [-0.39, 0.29) is 6.17 Å². The Hall–Kier alpha value is -1.46. The quantitative estimate of drug-likeness (QED) is 0.804. The third-order valence-corrected chi connectivity index (χ3v) is 4.51. The normalized spacial score (nSPS) is 25.8. The SMILES string of the molecule is Clc1cc(OC2=NC(C3CC3)N=C2C2CCOCC2)ccn1. The molecule has 0 radical (unpaired) electrons. The van der Waals surface area contributed by atoms with Crippen LogP contribution in [0.1, 0.15) is 25.7 Å². The topological polar surface area (TPSA) is 56.1 Å². The van der Waals surface area contributed by atoms with E-state index >= 15 is 0 Å². The highest BCUT2D eigenvalue weighted by Gasteiger charge is 2.38. The third-order valence-electron chi connectivity index (χ3n) is 4.30. The van der Waals surface area contributed by atoms with E-state index < -0.39 is 0 Å². The van der Waals surface area contributed by atoms with Crippen LogP contribution in [0.4, 0.5) is 0 Å². The molecule has 2 aliphatic heterocycles. The van der Waals surface area contributed by atoms with Crippen LogP contribution >= 0.6 is 11.6 Å². The smallest absolute Gasteiger partial charge is 0.238 e. The first-order valence-corrected chi connectivity index (χ1v) is 8.20. The lowest BCUT2D eigenvalue weighted by Crippen LogP contribution is -2.30. The standard InChI is InChI=1S/C16H18ClN3O2/c17-13-9-12(3-6-18-13)22-16-14(10-4-7-21-8-5-10)19-15(20-16)11-1-2-11/h3,6,9-11,15H,1-2,4-5,7-8H2. The Morgan fingerprint density at radius 3 is 2.68 bits per heavy atom. The van der Waals surface area contributed by atoms with Crippen molar-refractivity contribution in [1.29, 1.82) is 0 Å². The van der Waals surface area contributed by atoms with Crippen molar-refractivity contribution in [2.75, 3.05) is 13.2 Å². The molecule has 116 valence electrons. The monoisotopic (exact) mass is 319 g/mol. The molecule has 3 aliphatic rings. The van der Waals surface area contributed by atoms with E-state index in [1.54, 1.807) is 18.3 Å². The molecule has 0 aromatic carbocycles. The number of halogens is 1. The van der Waals surface area contributed by atoms with Gasteiger partial charge in [0.1, 0.15) is 22.8 Å². The molecule has 5 nitrogen and oxygen atoms in total. The van der Waals surface area contributed by atoms with Crippen LogP contribution in [0.15, 0.2) is 28.3 Å². The Labute approximate surface area is 134 Å². The van der Waals surface area contributed by atoms with Crippen LogP contribution in [0.2, 0.25) is 5.15 Å². The van der Waals surface area contributed by atoms with E-state index in [1.807, 2.05) is 0 Å². The lowest BCUT2D eigenvalue weighted by molar-refractivity contribution is 0.0830. The Bertz CT molecular complexity index is 622. The Kier molecular flexibility index (Phi) is 3.84. The van der Waals surface area contributed by atoms with Gasteiger partial charge in [-0.05, 0) is 31.7 Å². The zero-order chi connectivity index (χ0) is 14.9. The van der Waals surface area contributed by atoms with E-state index in [2.05, 4.69) is 4.98 Å². The van der Waals surface area contributed by atoms with Gasteiger partial charge in [0.05, 0.1) is 0 Å². The summed E-state index contributed by atoms with van der Waals surface area (Å²) in [6.07, 6.45) is 6.08. The molecule has 0 N–H and O–H groups in total. The van der Waals surface area contributed by atoms with Gasteiger partial charge in [-0.2, -0.15) is 0 Å². The second-order valence-corrected chi connectivity index (χ2v) is 6.39. The first-order valence-electron chi connectivity index (χ1n) is 7.82. The van der Waals surface area contributed by atoms with Gasteiger partial charge in [0.2, 0.25) is 5.90 Å². The van der Waals surface area contributed by atoms with E-state index in [1.165, 1.54) is 12.8 Å². The number of aromatic nitrogens is 1. The fourth-order valence-electron chi connectivity index (χ4n) is 2.91. The minimum absolute atomic E-state index is 0.0464. The number of hydrogen-bond donors (Lipinski definition) is 0. The van der Waals surface area contributed by atoms with Gasteiger partial charge in [-0.15, -0.1) is 0 Å². The summed E-state index contributed by atoms with van der Waals surface area (Å²) in [6.45, 7) is 1.57. The highest BCUT2D eigenvalue weighted by atomic mass is 35.5. The number of hydrogen-bond acceptors (Lipinski definition) is 5. The number of nitrogens with zero attached hydrogens (tertiary/aromatic N) is 3. The van der Waals surface area contributed by atoms with E-state index in [0.717, 1.165) is 31.8 Å². The van der Waals surface area contributed by atoms with Gasteiger partial charge in [0.25, 0.3) is 0 Å². The van der Waals surface area contributed by atoms with Crippen LogP contribution in [0.25, 0.3) is 0 Å². The Morgan fingerprint density at radius 1 is 1.14 bits per heavy atom. The molecule has 2 fully saturated rings. The third kappa shape index (κ3) is 3.01. The van der Waals surface area contributed by atoms with Gasteiger partial charge in [-0.25, -0.2) is 9.98 Å². The van der Waals surface area contributed by atoms with Gasteiger partial charge < -0.3 is 9.47 Å². The van der Waals surface area contributed by atoms with E-state index in [9.17, 15) is 0 Å². The molecule has 1 unspecified atom stereocenters. The molecular weight excluding hydrogens is 302 g/mol. The summed E-state index contributed by atoms with van der Waals surface area (Å²) in [5.74, 6) is 2.30. The fraction of sp³-hybridized carbons (Fsp3) is 0.562. The Morgan fingerprint density at radius 2 is 1.95 bits per heavy atom.